The standard InChI is InChI=1S/C25H29FN4O2/c1-28(16-19-15-27-30(17-19)22-7-5-8-23(14-22)32-2)21-10-11-25(31)29(13-12-21)18-20-6-3-4-9-24(20)26/h3-9,14-15,17,21H,10-13,16,18H2,1-2H3/t21-/m0/s1. The average Bonchev–Trinajstić information content (AvgIpc) is 3.19. The van der Waals surface area contributed by atoms with Crippen molar-refractivity contribution in [3.8, 4) is 11.4 Å². The number of rotatable bonds is 7. The van der Waals surface area contributed by atoms with Crippen molar-refractivity contribution in [2.24, 2.45) is 0 Å². The molecule has 0 N–H and O–H groups in total. The van der Waals surface area contributed by atoms with Gasteiger partial charge in [0.05, 0.1) is 19.0 Å². The Kier molecular flexibility index (Phi) is 6.85. The van der Waals surface area contributed by atoms with Crippen LogP contribution in [0.2, 0.25) is 0 Å². The maximum absolute atomic E-state index is 14.0. The van der Waals surface area contributed by atoms with Gasteiger partial charge in [-0.2, -0.15) is 5.10 Å². The van der Waals surface area contributed by atoms with Crippen LogP contribution in [-0.4, -0.2) is 52.2 Å². The monoisotopic (exact) mass is 436 g/mol. The van der Waals surface area contributed by atoms with Crippen LogP contribution in [0.25, 0.3) is 5.69 Å². The maximum atomic E-state index is 14.0. The molecule has 3 aromatic rings. The van der Waals surface area contributed by atoms with E-state index in [1.165, 1.54) is 6.07 Å². The summed E-state index contributed by atoms with van der Waals surface area (Å²) in [4.78, 5) is 16.7. The van der Waals surface area contributed by atoms with Gasteiger partial charge in [0.2, 0.25) is 5.91 Å². The number of halogens is 1. The Morgan fingerprint density at radius 3 is 2.84 bits per heavy atom. The predicted molar refractivity (Wildman–Crippen MR) is 121 cm³/mol. The molecule has 0 aliphatic carbocycles. The van der Waals surface area contributed by atoms with Gasteiger partial charge in [0.25, 0.3) is 0 Å². The van der Waals surface area contributed by atoms with Crippen LogP contribution in [0.1, 0.15) is 30.4 Å². The highest BCUT2D eigenvalue weighted by Crippen LogP contribution is 2.22. The zero-order valence-electron chi connectivity index (χ0n) is 18.6. The number of hydrogen-bond acceptors (Lipinski definition) is 4. The normalized spacial score (nSPS) is 16.9. The number of likely N-dealkylation sites (tertiary alicyclic amines) is 1. The van der Waals surface area contributed by atoms with Crippen molar-refractivity contribution in [3.05, 3.63) is 77.9 Å². The molecule has 1 aliphatic heterocycles. The molecule has 168 valence electrons. The van der Waals surface area contributed by atoms with Gasteiger partial charge in [-0.3, -0.25) is 9.69 Å². The van der Waals surface area contributed by atoms with Crippen molar-refractivity contribution < 1.29 is 13.9 Å². The van der Waals surface area contributed by atoms with Crippen LogP contribution < -0.4 is 4.74 Å². The lowest BCUT2D eigenvalue weighted by Gasteiger charge is -2.26. The number of methoxy groups -OCH3 is 1. The fourth-order valence-corrected chi connectivity index (χ4v) is 4.22. The second-order valence-electron chi connectivity index (χ2n) is 8.30. The number of ether oxygens (including phenoxy) is 1. The Hall–Kier alpha value is -3.19. The van der Waals surface area contributed by atoms with Crippen molar-refractivity contribution in [2.45, 2.75) is 38.4 Å². The fraction of sp³-hybridized carbons (Fsp3) is 0.360. The van der Waals surface area contributed by atoms with E-state index in [2.05, 4.69) is 17.0 Å². The minimum atomic E-state index is -0.258. The lowest BCUT2D eigenvalue weighted by Crippen LogP contribution is -2.33. The molecule has 1 amide bonds. The van der Waals surface area contributed by atoms with Gasteiger partial charge in [-0.05, 0) is 38.1 Å². The third-order valence-corrected chi connectivity index (χ3v) is 6.10. The van der Waals surface area contributed by atoms with E-state index in [0.29, 0.717) is 25.1 Å². The molecule has 0 radical (unpaired) electrons. The van der Waals surface area contributed by atoms with E-state index in [1.54, 1.807) is 24.1 Å². The summed E-state index contributed by atoms with van der Waals surface area (Å²) in [6.45, 7) is 1.70. The van der Waals surface area contributed by atoms with Crippen LogP contribution in [0.15, 0.2) is 60.9 Å². The summed E-state index contributed by atoms with van der Waals surface area (Å²) in [6.07, 6.45) is 6.04. The first-order valence-electron chi connectivity index (χ1n) is 10.9. The first-order valence-corrected chi connectivity index (χ1v) is 10.9. The molecule has 6 nitrogen and oxygen atoms in total. The summed E-state index contributed by atoms with van der Waals surface area (Å²) < 4.78 is 21.2. The quantitative estimate of drug-likeness (QED) is 0.561. The predicted octanol–water partition coefficient (Wildman–Crippen LogP) is 4.03. The van der Waals surface area contributed by atoms with E-state index in [1.807, 2.05) is 47.4 Å². The molecule has 1 saturated heterocycles. The molecule has 0 spiro atoms. The molecule has 0 bridgehead atoms. The molecule has 7 heteroatoms. The van der Waals surface area contributed by atoms with E-state index in [4.69, 9.17) is 4.74 Å². The smallest absolute Gasteiger partial charge is 0.222 e. The van der Waals surface area contributed by atoms with Crippen LogP contribution >= 0.6 is 0 Å². The highest BCUT2D eigenvalue weighted by molar-refractivity contribution is 5.76. The van der Waals surface area contributed by atoms with Crippen molar-refractivity contribution in [3.63, 3.8) is 0 Å². The second-order valence-corrected chi connectivity index (χ2v) is 8.30. The van der Waals surface area contributed by atoms with Gasteiger partial charge in [0.15, 0.2) is 0 Å². The number of aromatic nitrogens is 2. The molecule has 2 aromatic carbocycles. The first-order chi connectivity index (χ1) is 15.5. The minimum absolute atomic E-state index is 0.0926. The number of benzene rings is 2. The molecule has 1 aliphatic rings. The Balaban J connectivity index is 1.37. The minimum Gasteiger partial charge on any atom is -0.497 e. The Labute approximate surface area is 188 Å². The van der Waals surface area contributed by atoms with E-state index in [-0.39, 0.29) is 17.8 Å². The summed E-state index contributed by atoms with van der Waals surface area (Å²) in [5.74, 6) is 0.626. The summed E-state index contributed by atoms with van der Waals surface area (Å²) in [6, 6.07) is 14.7. The molecule has 1 atom stereocenters. The van der Waals surface area contributed by atoms with Crippen molar-refractivity contribution in [2.75, 3.05) is 20.7 Å². The number of amides is 1. The number of carbonyl (C=O) groups excluding carboxylic acids is 1. The lowest BCUT2D eigenvalue weighted by molar-refractivity contribution is -0.131. The average molecular weight is 437 g/mol. The zero-order valence-corrected chi connectivity index (χ0v) is 18.6. The van der Waals surface area contributed by atoms with Crippen LogP contribution in [0.3, 0.4) is 0 Å². The van der Waals surface area contributed by atoms with Crippen LogP contribution in [0.5, 0.6) is 5.75 Å². The number of carbonyl (C=O) groups is 1. The molecule has 32 heavy (non-hydrogen) atoms. The first kappa shape index (κ1) is 22.0. The molecular formula is C25H29FN4O2. The van der Waals surface area contributed by atoms with Gasteiger partial charge in [-0.1, -0.05) is 24.3 Å². The van der Waals surface area contributed by atoms with Gasteiger partial charge in [-0.15, -0.1) is 0 Å². The summed E-state index contributed by atoms with van der Waals surface area (Å²) in [7, 11) is 3.74. The van der Waals surface area contributed by atoms with Crippen molar-refractivity contribution in [1.29, 1.82) is 0 Å². The van der Waals surface area contributed by atoms with Crippen molar-refractivity contribution >= 4 is 5.91 Å². The maximum Gasteiger partial charge on any atom is 0.222 e. The number of hydrogen-bond donors (Lipinski definition) is 0. The Morgan fingerprint density at radius 1 is 1.19 bits per heavy atom. The van der Waals surface area contributed by atoms with Crippen LogP contribution in [0, 0.1) is 5.82 Å². The molecule has 2 heterocycles. The van der Waals surface area contributed by atoms with Gasteiger partial charge in [-0.25, -0.2) is 9.07 Å². The zero-order chi connectivity index (χ0) is 22.5. The highest BCUT2D eigenvalue weighted by atomic mass is 19.1. The van der Waals surface area contributed by atoms with E-state index < -0.39 is 0 Å². The molecular weight excluding hydrogens is 407 g/mol. The van der Waals surface area contributed by atoms with Gasteiger partial charge in [0.1, 0.15) is 11.6 Å². The van der Waals surface area contributed by atoms with Crippen LogP contribution in [-0.2, 0) is 17.9 Å². The van der Waals surface area contributed by atoms with Gasteiger partial charge < -0.3 is 9.64 Å². The second kappa shape index (κ2) is 9.96. The summed E-state index contributed by atoms with van der Waals surface area (Å²) >= 11 is 0. The van der Waals surface area contributed by atoms with Gasteiger partial charge in [0, 0.05) is 55.5 Å². The van der Waals surface area contributed by atoms with Crippen LogP contribution in [0.4, 0.5) is 4.39 Å². The Morgan fingerprint density at radius 2 is 2.03 bits per heavy atom. The molecule has 0 unspecified atom stereocenters. The van der Waals surface area contributed by atoms with Crippen molar-refractivity contribution in [1.82, 2.24) is 19.6 Å². The molecule has 4 rings (SSSR count). The topological polar surface area (TPSA) is 50.6 Å². The Bertz CT molecular complexity index is 1070. The van der Waals surface area contributed by atoms with E-state index in [0.717, 1.165) is 36.4 Å². The van der Waals surface area contributed by atoms with E-state index in [9.17, 15) is 9.18 Å². The van der Waals surface area contributed by atoms with E-state index >= 15 is 0 Å². The third-order valence-electron chi connectivity index (χ3n) is 6.10. The largest absolute Gasteiger partial charge is 0.497 e. The lowest BCUT2D eigenvalue weighted by atomic mass is 10.1. The number of nitrogens with zero attached hydrogens (tertiary/aromatic N) is 4. The molecule has 1 aromatic heterocycles. The molecule has 1 fully saturated rings. The van der Waals surface area contributed by atoms with Gasteiger partial charge >= 0.3 is 0 Å². The SMILES string of the molecule is COc1cccc(-n2cc(CN(C)[C@H]3CCC(=O)N(Cc4ccccc4F)CC3)cn2)c1. The third kappa shape index (κ3) is 5.16. The fourth-order valence-electron chi connectivity index (χ4n) is 4.22. The summed E-state index contributed by atoms with van der Waals surface area (Å²) in [5, 5.41) is 4.49. The molecule has 0 saturated carbocycles. The summed E-state index contributed by atoms with van der Waals surface area (Å²) in [5.41, 5.74) is 2.62. The highest BCUT2D eigenvalue weighted by Gasteiger charge is 2.25.